The number of rotatable bonds is 6. The van der Waals surface area contributed by atoms with Gasteiger partial charge in [0.2, 0.25) is 0 Å². The fraction of sp³-hybridized carbons (Fsp3) is 0.364. The lowest BCUT2D eigenvalue weighted by Gasteiger charge is -2.10. The summed E-state index contributed by atoms with van der Waals surface area (Å²) in [6.07, 6.45) is 3.36. The molecule has 0 bridgehead atoms. The summed E-state index contributed by atoms with van der Waals surface area (Å²) < 4.78 is 66.2. The lowest BCUT2D eigenvalue weighted by molar-refractivity contribution is -0.0447. The van der Waals surface area contributed by atoms with Crippen LogP contribution in [0.3, 0.4) is 0 Å². The minimum absolute atomic E-state index is 0.0671. The monoisotopic (exact) mass is 323 g/mol. The van der Waals surface area contributed by atoms with Gasteiger partial charge in [-0.05, 0) is 18.6 Å². The Balaban J connectivity index is 1.82. The normalized spacial score (nSPS) is 12.7. The van der Waals surface area contributed by atoms with Crippen molar-refractivity contribution >= 4 is 15.7 Å². The number of alkyl halides is 3. The second kappa shape index (κ2) is 5.90. The highest BCUT2D eigenvalue weighted by Crippen LogP contribution is 2.21. The molecule has 0 atom stereocenters. The molecule has 0 saturated heterocycles. The van der Waals surface area contributed by atoms with Crippen LogP contribution in [0.15, 0.2) is 30.6 Å². The Labute approximate surface area is 118 Å². The summed E-state index contributed by atoms with van der Waals surface area (Å²) in [6.45, 7) is -0.292. The van der Waals surface area contributed by atoms with E-state index in [0.29, 0.717) is 11.5 Å². The number of nitrogens with zero attached hydrogens (tertiary/aromatic N) is 2. The van der Waals surface area contributed by atoms with Crippen LogP contribution in [-0.4, -0.2) is 36.5 Å². The average Bonchev–Trinajstić information content (AvgIpc) is 2.85. The molecule has 0 aromatic carbocycles. The van der Waals surface area contributed by atoms with Gasteiger partial charge in [-0.15, -0.1) is 0 Å². The molecule has 6 nitrogen and oxygen atoms in total. The van der Waals surface area contributed by atoms with Gasteiger partial charge in [0.05, 0.1) is 6.61 Å². The summed E-state index contributed by atoms with van der Waals surface area (Å²) in [4.78, 5) is 4.05. The maximum atomic E-state index is 12.1. The summed E-state index contributed by atoms with van der Waals surface area (Å²) in [5.74, 6) is 0.476. The molecular weight excluding hydrogens is 311 g/mol. The second-order valence-corrected chi connectivity index (χ2v) is 5.82. The van der Waals surface area contributed by atoms with Crippen molar-refractivity contribution < 1.29 is 26.3 Å². The third-order valence-corrected chi connectivity index (χ3v) is 3.75. The predicted molar refractivity (Wildman–Crippen MR) is 68.3 cm³/mol. The zero-order chi connectivity index (χ0) is 15.5. The van der Waals surface area contributed by atoms with E-state index in [1.807, 2.05) is 0 Å². The van der Waals surface area contributed by atoms with E-state index in [2.05, 4.69) is 4.98 Å². The number of fused-ring (bicyclic) bond motifs is 1. The number of aromatic nitrogens is 2. The topological polar surface area (TPSA) is 72.7 Å². The van der Waals surface area contributed by atoms with Crippen LogP contribution in [0.5, 0.6) is 5.88 Å². The minimum Gasteiger partial charge on any atom is -0.479 e. The van der Waals surface area contributed by atoms with Gasteiger partial charge in [-0.2, -0.15) is 13.2 Å². The van der Waals surface area contributed by atoms with Crippen LogP contribution in [0, 0.1) is 0 Å². The number of ether oxygens (including phenoxy) is 1. The second-order valence-electron chi connectivity index (χ2n) is 4.06. The molecular formula is C11H12F3N3O3S. The largest absolute Gasteiger partial charge is 0.511 e. The number of hydrogen-bond acceptors (Lipinski definition) is 4. The number of hydrogen-bond donors (Lipinski definition) is 1. The van der Waals surface area contributed by atoms with Crippen LogP contribution < -0.4 is 9.46 Å². The van der Waals surface area contributed by atoms with Crippen molar-refractivity contribution in [3.63, 3.8) is 0 Å². The van der Waals surface area contributed by atoms with Crippen molar-refractivity contribution in [2.24, 2.45) is 0 Å². The average molecular weight is 323 g/mol. The van der Waals surface area contributed by atoms with Gasteiger partial charge in [0, 0.05) is 18.9 Å². The van der Waals surface area contributed by atoms with Crippen molar-refractivity contribution in [2.45, 2.75) is 11.9 Å². The smallest absolute Gasteiger partial charge is 0.479 e. The third-order valence-electron chi connectivity index (χ3n) is 2.56. The molecule has 0 amide bonds. The molecule has 0 radical (unpaired) electrons. The number of nitrogens with one attached hydrogen (secondary N) is 1. The molecule has 0 unspecified atom stereocenters. The number of pyridine rings is 1. The highest BCUT2D eigenvalue weighted by Gasteiger charge is 2.45. The van der Waals surface area contributed by atoms with E-state index in [9.17, 15) is 21.6 Å². The molecule has 1 N–H and O–H groups in total. The standard InChI is InChI=1S/C11H12F3N3O3S/c12-11(13,14)21(18,19)16-5-2-8-20-10-4-1-3-9-15-6-7-17(9)10/h1,3-4,6-7,16H,2,5,8H2. The molecule has 10 heteroatoms. The predicted octanol–water partition coefficient (Wildman–Crippen LogP) is 1.54. The Morgan fingerprint density at radius 1 is 1.33 bits per heavy atom. The fourth-order valence-electron chi connectivity index (χ4n) is 1.58. The first-order chi connectivity index (χ1) is 9.81. The summed E-state index contributed by atoms with van der Waals surface area (Å²) in [5, 5.41) is 0. The van der Waals surface area contributed by atoms with Crippen LogP contribution in [-0.2, 0) is 10.0 Å². The van der Waals surface area contributed by atoms with E-state index in [-0.39, 0.29) is 19.6 Å². The highest BCUT2D eigenvalue weighted by atomic mass is 32.2. The molecule has 0 aliphatic heterocycles. The van der Waals surface area contributed by atoms with Crippen molar-refractivity contribution in [1.82, 2.24) is 14.1 Å². The maximum absolute atomic E-state index is 12.1. The van der Waals surface area contributed by atoms with E-state index >= 15 is 0 Å². The first kappa shape index (κ1) is 15.6. The Morgan fingerprint density at radius 3 is 2.81 bits per heavy atom. The summed E-state index contributed by atoms with van der Waals surface area (Å²) in [7, 11) is -5.29. The number of imidazole rings is 1. The first-order valence-electron chi connectivity index (χ1n) is 5.92. The Bertz CT molecular complexity index is 712. The first-order valence-corrected chi connectivity index (χ1v) is 7.40. The summed E-state index contributed by atoms with van der Waals surface area (Å²) in [5.41, 5.74) is -4.62. The van der Waals surface area contributed by atoms with Gasteiger partial charge in [0.25, 0.3) is 0 Å². The van der Waals surface area contributed by atoms with Crippen molar-refractivity contribution in [3.8, 4) is 5.88 Å². The van der Waals surface area contributed by atoms with Crippen LogP contribution in [0.25, 0.3) is 5.65 Å². The maximum Gasteiger partial charge on any atom is 0.511 e. The molecule has 2 rings (SSSR count). The zero-order valence-corrected chi connectivity index (χ0v) is 11.5. The molecule has 2 heterocycles. The zero-order valence-electron chi connectivity index (χ0n) is 10.7. The van der Waals surface area contributed by atoms with E-state index < -0.39 is 15.5 Å². The SMILES string of the molecule is O=S(=O)(NCCCOc1cccc2nccn12)C(F)(F)F. The van der Waals surface area contributed by atoms with E-state index in [1.165, 1.54) is 4.72 Å². The van der Waals surface area contributed by atoms with Crippen LogP contribution in [0.2, 0.25) is 0 Å². The molecule has 0 aliphatic rings. The summed E-state index contributed by atoms with van der Waals surface area (Å²) >= 11 is 0. The summed E-state index contributed by atoms with van der Waals surface area (Å²) in [6, 6.07) is 5.17. The molecule has 2 aromatic heterocycles. The molecule has 116 valence electrons. The van der Waals surface area contributed by atoms with Gasteiger partial charge < -0.3 is 4.74 Å². The molecule has 0 aliphatic carbocycles. The van der Waals surface area contributed by atoms with Gasteiger partial charge in [-0.1, -0.05) is 6.07 Å². The van der Waals surface area contributed by atoms with Crippen molar-refractivity contribution in [3.05, 3.63) is 30.6 Å². The minimum atomic E-state index is -5.30. The van der Waals surface area contributed by atoms with Gasteiger partial charge in [0.15, 0.2) is 5.88 Å². The molecule has 0 saturated carbocycles. The third kappa shape index (κ3) is 3.64. The number of sulfonamides is 1. The van der Waals surface area contributed by atoms with Gasteiger partial charge in [-0.3, -0.25) is 4.40 Å². The van der Waals surface area contributed by atoms with Crippen molar-refractivity contribution in [1.29, 1.82) is 0 Å². The van der Waals surface area contributed by atoms with E-state index in [4.69, 9.17) is 4.74 Å². The lowest BCUT2D eigenvalue weighted by atomic mass is 10.4. The van der Waals surface area contributed by atoms with E-state index in [1.54, 1.807) is 35.0 Å². The number of halogens is 3. The molecule has 0 spiro atoms. The van der Waals surface area contributed by atoms with Crippen LogP contribution in [0.1, 0.15) is 6.42 Å². The van der Waals surface area contributed by atoms with Crippen LogP contribution in [0.4, 0.5) is 13.2 Å². The Hall–Kier alpha value is -1.81. The fourth-order valence-corrected chi connectivity index (χ4v) is 2.15. The lowest BCUT2D eigenvalue weighted by Crippen LogP contribution is -2.37. The molecule has 0 fully saturated rings. The van der Waals surface area contributed by atoms with Crippen LogP contribution >= 0.6 is 0 Å². The van der Waals surface area contributed by atoms with Gasteiger partial charge >= 0.3 is 15.5 Å². The quantitative estimate of drug-likeness (QED) is 0.819. The Morgan fingerprint density at radius 2 is 2.10 bits per heavy atom. The molecule has 2 aromatic rings. The Kier molecular flexibility index (Phi) is 4.37. The molecule has 21 heavy (non-hydrogen) atoms. The van der Waals surface area contributed by atoms with Gasteiger partial charge in [0.1, 0.15) is 5.65 Å². The van der Waals surface area contributed by atoms with Gasteiger partial charge in [-0.25, -0.2) is 18.1 Å². The van der Waals surface area contributed by atoms with Crippen molar-refractivity contribution in [2.75, 3.05) is 13.2 Å². The highest BCUT2D eigenvalue weighted by molar-refractivity contribution is 7.90. The van der Waals surface area contributed by atoms with E-state index in [0.717, 1.165) is 0 Å².